The van der Waals surface area contributed by atoms with Crippen LogP contribution >= 0.6 is 11.6 Å². The molecule has 100 valence electrons. The summed E-state index contributed by atoms with van der Waals surface area (Å²) in [5, 5.41) is 10.1. The van der Waals surface area contributed by atoms with Crippen molar-refractivity contribution in [2.75, 3.05) is 0 Å². The van der Waals surface area contributed by atoms with E-state index in [0.29, 0.717) is 10.6 Å². The van der Waals surface area contributed by atoms with Crippen molar-refractivity contribution in [2.45, 2.75) is 18.8 Å². The first-order chi connectivity index (χ1) is 9.60. The number of carbonyl (C=O) groups is 1. The van der Waals surface area contributed by atoms with Crippen LogP contribution in [-0.2, 0) is 16.6 Å². The molecule has 4 heteroatoms. The van der Waals surface area contributed by atoms with Crippen molar-refractivity contribution >= 4 is 17.4 Å². The van der Waals surface area contributed by atoms with Gasteiger partial charge in [-0.2, -0.15) is 5.26 Å². The highest BCUT2D eigenvalue weighted by molar-refractivity contribution is 6.31. The summed E-state index contributed by atoms with van der Waals surface area (Å²) in [6.07, 6.45) is 3.36. The molecule has 0 radical (unpaired) electrons. The number of rotatable bonds is 4. The zero-order chi connectivity index (χ0) is 14.6. The number of carbonyl (C=O) groups excluding carboxylic acids is 1. The maximum atomic E-state index is 12.1. The number of hydrogen-bond acceptors (Lipinski definition) is 3. The summed E-state index contributed by atoms with van der Waals surface area (Å²) in [7, 11) is 0. The van der Waals surface area contributed by atoms with Crippen molar-refractivity contribution in [3.8, 4) is 6.07 Å². The van der Waals surface area contributed by atoms with Gasteiger partial charge < -0.3 is 0 Å². The van der Waals surface area contributed by atoms with Gasteiger partial charge in [0.1, 0.15) is 5.41 Å². The lowest BCUT2D eigenvalue weighted by molar-refractivity contribution is -0.120. The molecule has 1 atom stereocenters. The first-order valence-corrected chi connectivity index (χ1v) is 6.54. The molecule has 0 saturated heterocycles. The van der Waals surface area contributed by atoms with E-state index in [9.17, 15) is 10.1 Å². The molecule has 1 aromatic heterocycles. The molecule has 0 fully saturated rings. The van der Waals surface area contributed by atoms with Crippen LogP contribution in [0.4, 0.5) is 0 Å². The fourth-order valence-electron chi connectivity index (χ4n) is 2.17. The van der Waals surface area contributed by atoms with Gasteiger partial charge in [-0.25, -0.2) is 0 Å². The quantitative estimate of drug-likeness (QED) is 0.865. The van der Waals surface area contributed by atoms with Gasteiger partial charge in [0.25, 0.3) is 0 Å². The summed E-state index contributed by atoms with van der Waals surface area (Å²) >= 11 is 6.10. The molecule has 0 aliphatic carbocycles. The van der Waals surface area contributed by atoms with Crippen LogP contribution in [0.3, 0.4) is 0 Å². The minimum atomic E-state index is -1.22. The number of hydrogen-bond donors (Lipinski definition) is 0. The summed E-state index contributed by atoms with van der Waals surface area (Å²) < 4.78 is 0. The second-order valence-electron chi connectivity index (χ2n) is 4.58. The topological polar surface area (TPSA) is 53.8 Å². The van der Waals surface area contributed by atoms with Crippen molar-refractivity contribution in [3.63, 3.8) is 0 Å². The first kappa shape index (κ1) is 14.2. The molecule has 1 unspecified atom stereocenters. The normalized spacial score (nSPS) is 13.2. The predicted octanol–water partition coefficient (Wildman–Crippen LogP) is 3.33. The molecule has 1 heterocycles. The Hall–Kier alpha value is -2.18. The SMILES string of the molecule is CC(=O)C(C#N)(Cc1ccncc1Cl)c1ccccc1. The molecular weight excluding hydrogens is 272 g/mol. The number of ketones is 1. The van der Waals surface area contributed by atoms with Crippen LogP contribution in [0.1, 0.15) is 18.1 Å². The van der Waals surface area contributed by atoms with Gasteiger partial charge in [-0.1, -0.05) is 41.9 Å². The van der Waals surface area contributed by atoms with E-state index in [1.807, 2.05) is 18.2 Å². The Labute approximate surface area is 122 Å². The predicted molar refractivity (Wildman–Crippen MR) is 77.4 cm³/mol. The third-order valence-electron chi connectivity index (χ3n) is 3.37. The average molecular weight is 285 g/mol. The van der Waals surface area contributed by atoms with Crippen LogP contribution in [0.5, 0.6) is 0 Å². The zero-order valence-electron chi connectivity index (χ0n) is 11.0. The van der Waals surface area contributed by atoms with E-state index >= 15 is 0 Å². The number of aromatic nitrogens is 1. The van der Waals surface area contributed by atoms with E-state index < -0.39 is 5.41 Å². The number of halogens is 1. The molecule has 0 aliphatic rings. The number of nitrogens with zero attached hydrogens (tertiary/aromatic N) is 2. The smallest absolute Gasteiger partial charge is 0.154 e. The minimum Gasteiger partial charge on any atom is -0.298 e. The van der Waals surface area contributed by atoms with Gasteiger partial charge in [0.2, 0.25) is 0 Å². The molecule has 20 heavy (non-hydrogen) atoms. The lowest BCUT2D eigenvalue weighted by Gasteiger charge is -2.24. The number of pyridine rings is 1. The standard InChI is InChI=1S/C16H13ClN2O/c1-12(20)16(11-18,14-5-3-2-4-6-14)9-13-7-8-19-10-15(13)17/h2-8,10H,9H2,1H3. The van der Waals surface area contributed by atoms with E-state index in [1.54, 1.807) is 24.4 Å². The van der Waals surface area contributed by atoms with Crippen molar-refractivity contribution in [1.82, 2.24) is 4.98 Å². The second-order valence-corrected chi connectivity index (χ2v) is 4.99. The maximum absolute atomic E-state index is 12.1. The van der Waals surface area contributed by atoms with Gasteiger partial charge >= 0.3 is 0 Å². The summed E-state index contributed by atoms with van der Waals surface area (Å²) in [6.45, 7) is 1.44. The highest BCUT2D eigenvalue weighted by atomic mass is 35.5. The lowest BCUT2D eigenvalue weighted by Crippen LogP contribution is -2.35. The van der Waals surface area contributed by atoms with Crippen molar-refractivity contribution in [1.29, 1.82) is 5.26 Å². The number of benzene rings is 1. The Balaban J connectivity index is 2.53. The van der Waals surface area contributed by atoms with Crippen molar-refractivity contribution in [3.05, 3.63) is 64.9 Å². The van der Waals surface area contributed by atoms with E-state index in [-0.39, 0.29) is 12.2 Å². The molecule has 0 bridgehead atoms. The summed E-state index contributed by atoms with van der Waals surface area (Å²) in [6, 6.07) is 13.0. The fraction of sp³-hybridized carbons (Fsp3) is 0.188. The summed E-state index contributed by atoms with van der Waals surface area (Å²) in [4.78, 5) is 16.1. The lowest BCUT2D eigenvalue weighted by atomic mass is 9.74. The maximum Gasteiger partial charge on any atom is 0.154 e. The average Bonchev–Trinajstić information content (AvgIpc) is 2.47. The van der Waals surface area contributed by atoms with Gasteiger partial charge in [-0.3, -0.25) is 9.78 Å². The molecular formula is C16H13ClN2O. The van der Waals surface area contributed by atoms with Gasteiger partial charge in [-0.15, -0.1) is 0 Å². The van der Waals surface area contributed by atoms with E-state index in [0.717, 1.165) is 5.56 Å². The Morgan fingerprint density at radius 1 is 1.35 bits per heavy atom. The van der Waals surface area contributed by atoms with E-state index in [2.05, 4.69) is 11.1 Å². The minimum absolute atomic E-state index is 0.195. The molecule has 1 aromatic carbocycles. The van der Waals surface area contributed by atoms with Gasteiger partial charge in [0.15, 0.2) is 5.78 Å². The monoisotopic (exact) mass is 284 g/mol. The Kier molecular flexibility index (Phi) is 4.16. The molecule has 0 saturated carbocycles. The van der Waals surface area contributed by atoms with Crippen LogP contribution in [0, 0.1) is 11.3 Å². The van der Waals surface area contributed by atoms with Gasteiger partial charge in [0, 0.05) is 18.8 Å². The Morgan fingerprint density at radius 2 is 2.05 bits per heavy atom. The molecule has 0 amide bonds. The van der Waals surface area contributed by atoms with Crippen LogP contribution in [0.15, 0.2) is 48.8 Å². The first-order valence-electron chi connectivity index (χ1n) is 6.16. The molecule has 0 spiro atoms. The molecule has 3 nitrogen and oxygen atoms in total. The van der Waals surface area contributed by atoms with Crippen molar-refractivity contribution in [2.24, 2.45) is 0 Å². The van der Waals surface area contributed by atoms with Crippen LogP contribution < -0.4 is 0 Å². The van der Waals surface area contributed by atoms with E-state index in [4.69, 9.17) is 11.6 Å². The zero-order valence-corrected chi connectivity index (χ0v) is 11.8. The Bertz CT molecular complexity index is 664. The Morgan fingerprint density at radius 3 is 2.60 bits per heavy atom. The van der Waals surface area contributed by atoms with Crippen molar-refractivity contribution < 1.29 is 4.79 Å². The van der Waals surface area contributed by atoms with Crippen LogP contribution in [0.25, 0.3) is 0 Å². The van der Waals surface area contributed by atoms with Gasteiger partial charge in [-0.05, 0) is 24.1 Å². The van der Waals surface area contributed by atoms with E-state index in [1.165, 1.54) is 13.1 Å². The third kappa shape index (κ3) is 2.56. The molecule has 0 N–H and O–H groups in total. The highest BCUT2D eigenvalue weighted by Crippen LogP contribution is 2.31. The molecule has 2 rings (SSSR count). The second kappa shape index (κ2) is 5.85. The summed E-state index contributed by atoms with van der Waals surface area (Å²) in [5.74, 6) is -0.195. The molecule has 2 aromatic rings. The van der Waals surface area contributed by atoms with Crippen LogP contribution in [-0.4, -0.2) is 10.8 Å². The summed E-state index contributed by atoms with van der Waals surface area (Å²) in [5.41, 5.74) is 0.205. The van der Waals surface area contributed by atoms with Crippen LogP contribution in [0.2, 0.25) is 5.02 Å². The third-order valence-corrected chi connectivity index (χ3v) is 3.71. The van der Waals surface area contributed by atoms with Gasteiger partial charge in [0.05, 0.1) is 11.1 Å². The fourth-order valence-corrected chi connectivity index (χ4v) is 2.35. The number of nitriles is 1. The molecule has 0 aliphatic heterocycles. The largest absolute Gasteiger partial charge is 0.298 e. The number of Topliss-reactive ketones (excluding diaryl/α,β-unsaturated/α-hetero) is 1. The highest BCUT2D eigenvalue weighted by Gasteiger charge is 2.38.